The number of carbonyl (C=O) groups excluding carboxylic acids is 1. The summed E-state index contributed by atoms with van der Waals surface area (Å²) >= 11 is 0. The van der Waals surface area contributed by atoms with Gasteiger partial charge in [-0.1, -0.05) is 24.3 Å². The van der Waals surface area contributed by atoms with E-state index in [1.807, 2.05) is 24.3 Å². The predicted octanol–water partition coefficient (Wildman–Crippen LogP) is 4.34. The van der Waals surface area contributed by atoms with Gasteiger partial charge in [0.2, 0.25) is 5.91 Å². The molecule has 0 radical (unpaired) electrons. The van der Waals surface area contributed by atoms with E-state index in [9.17, 15) is 13.6 Å². The largest absolute Gasteiger partial charge is 0.493 e. The SMILES string of the molecule is CCOc1cc(/C=C/C(=O)N[C@@H]2CCOc3ccccc32)ccc1OC(F)F. The van der Waals surface area contributed by atoms with Crippen molar-refractivity contribution >= 4 is 12.0 Å². The molecule has 28 heavy (non-hydrogen) atoms. The maximum absolute atomic E-state index is 12.5. The molecule has 3 rings (SSSR count). The fourth-order valence-corrected chi connectivity index (χ4v) is 2.97. The molecule has 1 aliphatic rings. The summed E-state index contributed by atoms with van der Waals surface area (Å²) in [5, 5.41) is 2.96. The smallest absolute Gasteiger partial charge is 0.387 e. The first kappa shape index (κ1) is 19.7. The molecule has 1 heterocycles. The van der Waals surface area contributed by atoms with E-state index < -0.39 is 6.61 Å². The van der Waals surface area contributed by atoms with E-state index in [-0.39, 0.29) is 23.4 Å². The Hall–Kier alpha value is -3.09. The third kappa shape index (κ3) is 5.00. The molecule has 1 aliphatic heterocycles. The highest BCUT2D eigenvalue weighted by Gasteiger charge is 2.21. The summed E-state index contributed by atoms with van der Waals surface area (Å²) in [7, 11) is 0. The number of amides is 1. The van der Waals surface area contributed by atoms with E-state index in [1.54, 1.807) is 25.1 Å². The zero-order chi connectivity index (χ0) is 19.9. The number of nitrogens with one attached hydrogen (secondary N) is 1. The molecule has 0 saturated carbocycles. The topological polar surface area (TPSA) is 56.8 Å². The normalized spacial score (nSPS) is 15.8. The third-order valence-corrected chi connectivity index (χ3v) is 4.19. The number of hydrogen-bond acceptors (Lipinski definition) is 4. The Morgan fingerprint density at radius 2 is 2.11 bits per heavy atom. The molecular formula is C21H21F2NO4. The van der Waals surface area contributed by atoms with E-state index in [2.05, 4.69) is 10.1 Å². The number of alkyl halides is 2. The Balaban J connectivity index is 1.68. The number of fused-ring (bicyclic) bond motifs is 1. The second kappa shape index (κ2) is 9.21. The molecule has 1 atom stereocenters. The summed E-state index contributed by atoms with van der Waals surface area (Å²) in [5.74, 6) is 0.674. The first-order valence-corrected chi connectivity index (χ1v) is 8.98. The van der Waals surface area contributed by atoms with Crippen molar-refractivity contribution in [3.8, 4) is 17.2 Å². The standard InChI is InChI=1S/C21H21F2NO4/c1-2-26-19-13-14(7-9-18(19)28-21(22)23)8-10-20(25)24-16-11-12-27-17-6-4-3-5-15(16)17/h3-10,13,16,21H,2,11-12H2,1H3,(H,24,25)/b10-8+/t16-/m1/s1. The lowest BCUT2D eigenvalue weighted by Crippen LogP contribution is -2.30. The average molecular weight is 389 g/mol. The molecule has 0 saturated heterocycles. The van der Waals surface area contributed by atoms with E-state index in [0.717, 1.165) is 11.3 Å². The lowest BCUT2D eigenvalue weighted by Gasteiger charge is -2.26. The minimum Gasteiger partial charge on any atom is -0.493 e. The van der Waals surface area contributed by atoms with Gasteiger partial charge in [-0.15, -0.1) is 0 Å². The van der Waals surface area contributed by atoms with Gasteiger partial charge in [0.05, 0.1) is 19.3 Å². The molecule has 5 nitrogen and oxygen atoms in total. The number of rotatable bonds is 7. The second-order valence-corrected chi connectivity index (χ2v) is 6.09. The van der Waals surface area contributed by atoms with E-state index in [1.165, 1.54) is 12.1 Å². The Kier molecular flexibility index (Phi) is 6.47. The van der Waals surface area contributed by atoms with Crippen molar-refractivity contribution in [2.45, 2.75) is 26.0 Å². The quantitative estimate of drug-likeness (QED) is 0.716. The van der Waals surface area contributed by atoms with Gasteiger partial charge in [0.1, 0.15) is 5.75 Å². The number of hydrogen-bond donors (Lipinski definition) is 1. The number of benzene rings is 2. The maximum atomic E-state index is 12.5. The molecule has 148 valence electrons. The zero-order valence-electron chi connectivity index (χ0n) is 15.4. The maximum Gasteiger partial charge on any atom is 0.387 e. The average Bonchev–Trinajstić information content (AvgIpc) is 2.68. The van der Waals surface area contributed by atoms with Crippen molar-refractivity contribution in [1.29, 1.82) is 0 Å². The summed E-state index contributed by atoms with van der Waals surface area (Å²) in [5.41, 5.74) is 1.58. The Morgan fingerprint density at radius 1 is 1.29 bits per heavy atom. The highest BCUT2D eigenvalue weighted by atomic mass is 19.3. The van der Waals surface area contributed by atoms with Crippen LogP contribution in [0.4, 0.5) is 8.78 Å². The molecule has 1 N–H and O–H groups in total. The second-order valence-electron chi connectivity index (χ2n) is 6.09. The summed E-state index contributed by atoms with van der Waals surface area (Å²) in [4.78, 5) is 12.3. The van der Waals surface area contributed by atoms with Crippen LogP contribution in [0.1, 0.15) is 30.5 Å². The summed E-state index contributed by atoms with van der Waals surface area (Å²) < 4.78 is 40.3. The van der Waals surface area contributed by atoms with Gasteiger partial charge in [-0.2, -0.15) is 8.78 Å². The summed E-state index contributed by atoms with van der Waals surface area (Å²) in [6, 6.07) is 12.0. The zero-order valence-corrected chi connectivity index (χ0v) is 15.4. The lowest BCUT2D eigenvalue weighted by atomic mass is 10.0. The van der Waals surface area contributed by atoms with E-state index >= 15 is 0 Å². The number of halogens is 2. The van der Waals surface area contributed by atoms with Gasteiger partial charge in [0.25, 0.3) is 0 Å². The fourth-order valence-electron chi connectivity index (χ4n) is 2.97. The molecule has 0 fully saturated rings. The Bertz CT molecular complexity index is 854. The van der Waals surface area contributed by atoms with Gasteiger partial charge < -0.3 is 19.5 Å². The van der Waals surface area contributed by atoms with Crippen molar-refractivity contribution in [2.75, 3.05) is 13.2 Å². The van der Waals surface area contributed by atoms with Crippen molar-refractivity contribution in [3.05, 3.63) is 59.7 Å². The van der Waals surface area contributed by atoms with Gasteiger partial charge in [0.15, 0.2) is 11.5 Å². The van der Waals surface area contributed by atoms with Crippen LogP contribution in [-0.2, 0) is 4.79 Å². The number of para-hydroxylation sites is 1. The van der Waals surface area contributed by atoms with Crippen LogP contribution in [0.15, 0.2) is 48.5 Å². The number of ether oxygens (including phenoxy) is 3. The van der Waals surface area contributed by atoms with Crippen molar-refractivity contribution in [2.24, 2.45) is 0 Å². The monoisotopic (exact) mass is 389 g/mol. The van der Waals surface area contributed by atoms with Crippen molar-refractivity contribution < 1.29 is 27.8 Å². The van der Waals surface area contributed by atoms with Crippen LogP contribution in [0.2, 0.25) is 0 Å². The van der Waals surface area contributed by atoms with Crippen LogP contribution in [0, 0.1) is 0 Å². The molecular weight excluding hydrogens is 368 g/mol. The van der Waals surface area contributed by atoms with Crippen LogP contribution in [0.25, 0.3) is 6.08 Å². The van der Waals surface area contributed by atoms with Crippen LogP contribution >= 0.6 is 0 Å². The van der Waals surface area contributed by atoms with Gasteiger partial charge in [-0.25, -0.2) is 0 Å². The molecule has 2 aromatic carbocycles. The van der Waals surface area contributed by atoms with E-state index in [4.69, 9.17) is 9.47 Å². The van der Waals surface area contributed by atoms with Gasteiger partial charge in [0, 0.05) is 18.1 Å². The molecule has 7 heteroatoms. The Morgan fingerprint density at radius 3 is 2.89 bits per heavy atom. The van der Waals surface area contributed by atoms with Crippen LogP contribution in [-0.4, -0.2) is 25.7 Å². The minimum atomic E-state index is -2.94. The van der Waals surface area contributed by atoms with E-state index in [0.29, 0.717) is 25.2 Å². The highest BCUT2D eigenvalue weighted by Crippen LogP contribution is 2.32. The van der Waals surface area contributed by atoms with Crippen LogP contribution in [0.3, 0.4) is 0 Å². The van der Waals surface area contributed by atoms with Crippen LogP contribution < -0.4 is 19.5 Å². The lowest BCUT2D eigenvalue weighted by molar-refractivity contribution is -0.117. The molecule has 0 bridgehead atoms. The first-order valence-electron chi connectivity index (χ1n) is 8.98. The highest BCUT2D eigenvalue weighted by molar-refractivity contribution is 5.92. The predicted molar refractivity (Wildman–Crippen MR) is 101 cm³/mol. The van der Waals surface area contributed by atoms with Crippen LogP contribution in [0.5, 0.6) is 17.2 Å². The van der Waals surface area contributed by atoms with Crippen molar-refractivity contribution in [1.82, 2.24) is 5.32 Å². The minimum absolute atomic E-state index is 0.0442. The molecule has 0 spiro atoms. The molecule has 2 aromatic rings. The fraction of sp³-hybridized carbons (Fsp3) is 0.286. The van der Waals surface area contributed by atoms with Gasteiger partial charge in [-0.3, -0.25) is 4.79 Å². The van der Waals surface area contributed by atoms with Crippen molar-refractivity contribution in [3.63, 3.8) is 0 Å². The summed E-state index contributed by atoms with van der Waals surface area (Å²) in [6.45, 7) is -0.354. The molecule has 1 amide bonds. The van der Waals surface area contributed by atoms with Gasteiger partial charge in [-0.05, 0) is 36.8 Å². The molecule has 0 unspecified atom stereocenters. The number of carbonyl (C=O) groups is 1. The first-order chi connectivity index (χ1) is 13.6. The third-order valence-electron chi connectivity index (χ3n) is 4.19. The Labute approximate surface area is 161 Å². The molecule has 0 aromatic heterocycles. The summed E-state index contributed by atoms with van der Waals surface area (Å²) in [6.07, 6.45) is 3.68. The molecule has 0 aliphatic carbocycles. The van der Waals surface area contributed by atoms with Gasteiger partial charge >= 0.3 is 6.61 Å².